The largest absolute Gasteiger partial charge is 0.456 e. The number of para-hydroxylation sites is 1. The molecule has 4 heterocycles. The van der Waals surface area contributed by atoms with E-state index >= 15 is 0 Å². The number of hydrogen-bond acceptors (Lipinski definition) is 5. The molecule has 0 amide bonds. The summed E-state index contributed by atoms with van der Waals surface area (Å²) in [6, 6.07) is 42.0. The minimum atomic E-state index is -0.882. The first-order chi connectivity index (χ1) is 23.5. The second-order valence-corrected chi connectivity index (χ2v) is 12.6. The van der Waals surface area contributed by atoms with Gasteiger partial charge in [-0.05, 0) is 106 Å². The van der Waals surface area contributed by atoms with Crippen LogP contribution in [0.15, 0.2) is 151 Å². The molecule has 0 atom stereocenters. The molecule has 0 fully saturated rings. The van der Waals surface area contributed by atoms with Crippen LogP contribution in [0.3, 0.4) is 0 Å². The monoisotopic (exact) mass is 622 g/mol. The van der Waals surface area contributed by atoms with E-state index in [0.717, 1.165) is 89.1 Å². The first kappa shape index (κ1) is 28.1. The van der Waals surface area contributed by atoms with E-state index in [1.165, 1.54) is 0 Å². The van der Waals surface area contributed by atoms with E-state index in [4.69, 9.17) is 13.9 Å². The van der Waals surface area contributed by atoms with Gasteiger partial charge in [-0.25, -0.2) is 0 Å². The number of ether oxygens (including phenoxy) is 2. The van der Waals surface area contributed by atoms with E-state index in [1.807, 2.05) is 62.6 Å². The minimum Gasteiger partial charge on any atom is -0.456 e. The molecule has 5 heteroatoms. The van der Waals surface area contributed by atoms with Crippen molar-refractivity contribution in [1.29, 1.82) is 0 Å². The lowest BCUT2D eigenvalue weighted by atomic mass is 9.92. The summed E-state index contributed by atoms with van der Waals surface area (Å²) in [7, 11) is 0. The van der Waals surface area contributed by atoms with Crippen LogP contribution in [-0.2, 0) is 0 Å². The molecule has 0 spiro atoms. The van der Waals surface area contributed by atoms with Gasteiger partial charge in [0.15, 0.2) is 0 Å². The van der Waals surface area contributed by atoms with Gasteiger partial charge in [0.25, 0.3) is 0 Å². The number of hydrogen-bond donors (Lipinski definition) is 0. The van der Waals surface area contributed by atoms with E-state index in [9.17, 15) is 0 Å². The van der Waals surface area contributed by atoms with Gasteiger partial charge >= 0.3 is 0 Å². The van der Waals surface area contributed by atoms with Gasteiger partial charge < -0.3 is 13.9 Å². The number of nitrogens with zero attached hydrogens (tertiary/aromatic N) is 2. The normalized spacial score (nSPS) is 13.3. The lowest BCUT2D eigenvalue weighted by Crippen LogP contribution is -2.34. The predicted octanol–water partition coefficient (Wildman–Crippen LogP) is 11.2. The number of benzene rings is 5. The Kier molecular flexibility index (Phi) is 6.40. The minimum absolute atomic E-state index is 0.763. The maximum atomic E-state index is 6.61. The van der Waals surface area contributed by atoms with E-state index in [2.05, 4.69) is 94.9 Å². The summed E-state index contributed by atoms with van der Waals surface area (Å²) in [5, 5.41) is 2.21. The second kappa shape index (κ2) is 11.0. The summed E-state index contributed by atoms with van der Waals surface area (Å²) in [6.07, 6.45) is 7.38. The molecule has 0 aliphatic carbocycles. The predicted molar refractivity (Wildman–Crippen MR) is 192 cm³/mol. The molecule has 230 valence electrons. The smallest absolute Gasteiger partial charge is 0.245 e. The lowest BCUT2D eigenvalue weighted by molar-refractivity contribution is -0.0778. The number of fused-ring (bicyclic) bond motifs is 6. The van der Waals surface area contributed by atoms with Crippen molar-refractivity contribution in [3.63, 3.8) is 0 Å². The van der Waals surface area contributed by atoms with E-state index in [-0.39, 0.29) is 0 Å². The molecule has 1 aliphatic rings. The molecular formula is C43H30N2O3. The third-order valence-corrected chi connectivity index (χ3v) is 8.93. The number of pyridine rings is 2. The van der Waals surface area contributed by atoms with Gasteiger partial charge in [-0.1, -0.05) is 48.5 Å². The Morgan fingerprint density at radius 3 is 1.77 bits per heavy atom. The Morgan fingerprint density at radius 2 is 1.04 bits per heavy atom. The van der Waals surface area contributed by atoms with Crippen molar-refractivity contribution in [2.24, 2.45) is 0 Å². The zero-order chi connectivity index (χ0) is 32.2. The van der Waals surface area contributed by atoms with Crippen molar-refractivity contribution in [2.45, 2.75) is 19.6 Å². The van der Waals surface area contributed by atoms with Crippen LogP contribution in [-0.4, -0.2) is 15.8 Å². The Hall–Kier alpha value is -6.20. The Balaban J connectivity index is 1.17. The molecule has 3 aromatic heterocycles. The van der Waals surface area contributed by atoms with E-state index in [1.54, 1.807) is 12.4 Å². The third-order valence-electron chi connectivity index (χ3n) is 8.93. The fraction of sp³-hybridized carbons (Fsp3) is 0.0698. The highest BCUT2D eigenvalue weighted by molar-refractivity contribution is 6.06. The summed E-state index contributed by atoms with van der Waals surface area (Å²) < 4.78 is 19.2. The van der Waals surface area contributed by atoms with Crippen LogP contribution < -0.4 is 9.47 Å². The average molecular weight is 623 g/mol. The summed E-state index contributed by atoms with van der Waals surface area (Å²) in [4.78, 5) is 8.75. The fourth-order valence-corrected chi connectivity index (χ4v) is 6.67. The molecular weight excluding hydrogens is 592 g/mol. The molecule has 0 saturated carbocycles. The Labute approximate surface area is 278 Å². The van der Waals surface area contributed by atoms with Crippen LogP contribution in [0.25, 0.3) is 77.6 Å². The van der Waals surface area contributed by atoms with Crippen LogP contribution in [0.4, 0.5) is 0 Å². The van der Waals surface area contributed by atoms with Gasteiger partial charge in [-0.2, -0.15) is 0 Å². The molecule has 0 bridgehead atoms. The highest BCUT2D eigenvalue weighted by Gasteiger charge is 2.30. The standard InChI is InChI=1S/C43H30N2O3/c1-43(2)47-41-16-13-28(27-12-15-40-37(22-27)35-9-3-4-10-39(35)46-40)23-38(41)36-14-11-29(24-42(36)48-43)32-19-33(30-7-5-17-44-25-30)21-34(20-32)31-8-6-18-45-26-31/h3-26H,1-2H3. The molecule has 8 aromatic rings. The highest BCUT2D eigenvalue weighted by atomic mass is 16.7. The van der Waals surface area contributed by atoms with Gasteiger partial charge in [0, 0.05) is 71.7 Å². The van der Waals surface area contributed by atoms with Gasteiger partial charge in [0.2, 0.25) is 5.79 Å². The molecule has 5 nitrogen and oxygen atoms in total. The number of rotatable bonds is 4. The van der Waals surface area contributed by atoms with Crippen molar-refractivity contribution in [3.05, 3.63) is 146 Å². The van der Waals surface area contributed by atoms with Gasteiger partial charge in [-0.15, -0.1) is 0 Å². The molecule has 9 rings (SSSR count). The van der Waals surface area contributed by atoms with Crippen LogP contribution in [0, 0.1) is 0 Å². The summed E-state index contributed by atoms with van der Waals surface area (Å²) in [5.41, 5.74) is 12.3. The van der Waals surface area contributed by atoms with Crippen LogP contribution in [0.2, 0.25) is 0 Å². The average Bonchev–Trinajstić information content (AvgIpc) is 3.45. The summed E-state index contributed by atoms with van der Waals surface area (Å²) in [6.45, 7) is 3.90. The Morgan fingerprint density at radius 1 is 0.438 bits per heavy atom. The van der Waals surface area contributed by atoms with Crippen LogP contribution >= 0.6 is 0 Å². The lowest BCUT2D eigenvalue weighted by Gasteiger charge is -2.26. The first-order valence-corrected chi connectivity index (χ1v) is 16.0. The molecule has 1 aliphatic heterocycles. The van der Waals surface area contributed by atoms with Gasteiger partial charge in [0.05, 0.1) is 0 Å². The quantitative estimate of drug-likeness (QED) is 0.195. The molecule has 48 heavy (non-hydrogen) atoms. The molecule has 0 unspecified atom stereocenters. The van der Waals surface area contributed by atoms with Crippen LogP contribution in [0.1, 0.15) is 13.8 Å². The highest BCUT2D eigenvalue weighted by Crippen LogP contribution is 2.46. The molecule has 0 radical (unpaired) electrons. The van der Waals surface area contributed by atoms with E-state index < -0.39 is 5.79 Å². The van der Waals surface area contributed by atoms with Crippen LogP contribution in [0.5, 0.6) is 11.5 Å². The van der Waals surface area contributed by atoms with Gasteiger partial charge in [-0.3, -0.25) is 9.97 Å². The van der Waals surface area contributed by atoms with Crippen molar-refractivity contribution in [3.8, 4) is 67.1 Å². The first-order valence-electron chi connectivity index (χ1n) is 16.0. The second-order valence-electron chi connectivity index (χ2n) is 12.6. The van der Waals surface area contributed by atoms with Gasteiger partial charge in [0.1, 0.15) is 22.7 Å². The maximum absolute atomic E-state index is 6.61. The van der Waals surface area contributed by atoms with Crippen molar-refractivity contribution in [1.82, 2.24) is 9.97 Å². The molecule has 0 saturated heterocycles. The molecule has 0 N–H and O–H groups in total. The van der Waals surface area contributed by atoms with Crippen molar-refractivity contribution < 1.29 is 13.9 Å². The topological polar surface area (TPSA) is 57.4 Å². The van der Waals surface area contributed by atoms with Crippen molar-refractivity contribution >= 4 is 21.9 Å². The van der Waals surface area contributed by atoms with E-state index in [0.29, 0.717) is 0 Å². The number of aromatic nitrogens is 2. The van der Waals surface area contributed by atoms with Crippen molar-refractivity contribution in [2.75, 3.05) is 0 Å². The number of furan rings is 1. The zero-order valence-corrected chi connectivity index (χ0v) is 26.5. The zero-order valence-electron chi connectivity index (χ0n) is 26.5. The third kappa shape index (κ3) is 4.97. The molecule has 5 aromatic carbocycles. The Bertz CT molecular complexity index is 2430. The summed E-state index contributed by atoms with van der Waals surface area (Å²) in [5.74, 6) is 0.662. The summed E-state index contributed by atoms with van der Waals surface area (Å²) >= 11 is 0. The SMILES string of the molecule is CC1(C)Oc2cc(-c3cc(-c4cccnc4)cc(-c4cccnc4)c3)ccc2-c2cc(-c3ccc4oc5ccccc5c4c3)ccc2O1. The fourth-order valence-electron chi connectivity index (χ4n) is 6.67. The maximum Gasteiger partial charge on any atom is 0.245 e.